The van der Waals surface area contributed by atoms with Gasteiger partial charge in [0.1, 0.15) is 0 Å². The van der Waals surface area contributed by atoms with E-state index >= 15 is 0 Å². The molecule has 2 aromatic carbocycles. The fourth-order valence-corrected chi connectivity index (χ4v) is 2.94. The van der Waals surface area contributed by atoms with Crippen LogP contribution in [0, 0.1) is 0 Å². The lowest BCUT2D eigenvalue weighted by Crippen LogP contribution is -2.36. The van der Waals surface area contributed by atoms with Crippen molar-refractivity contribution in [1.82, 2.24) is 0 Å². The first-order chi connectivity index (χ1) is 13.1. The van der Waals surface area contributed by atoms with E-state index < -0.39 is 12.2 Å². The van der Waals surface area contributed by atoms with Crippen LogP contribution in [-0.4, -0.2) is 48.9 Å². The van der Waals surface area contributed by atoms with Crippen LogP contribution in [0.4, 0.5) is 0 Å². The Morgan fingerprint density at radius 2 is 1.70 bits per heavy atom. The van der Waals surface area contributed by atoms with E-state index in [4.69, 9.17) is 24.1 Å². The van der Waals surface area contributed by atoms with Gasteiger partial charge in [0.15, 0.2) is 35.2 Å². The van der Waals surface area contributed by atoms with Gasteiger partial charge in [-0.25, -0.2) is 0 Å². The molecule has 0 aliphatic carbocycles. The van der Waals surface area contributed by atoms with Gasteiger partial charge in [-0.2, -0.15) is 0 Å². The third kappa shape index (κ3) is 3.79. The minimum Gasteiger partial charge on any atom is -0.502 e. The number of aromatic hydroxyl groups is 1. The summed E-state index contributed by atoms with van der Waals surface area (Å²) >= 11 is 0. The number of aliphatic hydroxyl groups is 2. The van der Waals surface area contributed by atoms with Gasteiger partial charge in [0.05, 0.1) is 27.4 Å². The molecule has 1 heterocycles. The zero-order valence-corrected chi connectivity index (χ0v) is 15.1. The van der Waals surface area contributed by atoms with Crippen LogP contribution in [0.1, 0.15) is 17.2 Å². The molecule has 2 aromatic rings. The van der Waals surface area contributed by atoms with E-state index in [1.165, 1.54) is 14.2 Å². The van der Waals surface area contributed by atoms with Gasteiger partial charge in [-0.1, -0.05) is 18.2 Å². The Kier molecular flexibility index (Phi) is 5.73. The highest BCUT2D eigenvalue weighted by atomic mass is 16.6. The summed E-state index contributed by atoms with van der Waals surface area (Å²) in [7, 11) is 2.88. The fraction of sp³-hybridized carbons (Fsp3) is 0.300. The van der Waals surface area contributed by atoms with Crippen molar-refractivity contribution in [3.05, 3.63) is 47.5 Å². The quantitative estimate of drug-likeness (QED) is 0.714. The predicted molar refractivity (Wildman–Crippen MR) is 98.6 cm³/mol. The van der Waals surface area contributed by atoms with Crippen molar-refractivity contribution in [1.29, 1.82) is 0 Å². The van der Waals surface area contributed by atoms with E-state index in [-0.39, 0.29) is 30.5 Å². The topological polar surface area (TPSA) is 97.6 Å². The fourth-order valence-electron chi connectivity index (χ4n) is 2.94. The van der Waals surface area contributed by atoms with Crippen molar-refractivity contribution in [2.45, 2.75) is 12.2 Å². The second kappa shape index (κ2) is 8.20. The van der Waals surface area contributed by atoms with Crippen molar-refractivity contribution in [3.63, 3.8) is 0 Å². The summed E-state index contributed by atoms with van der Waals surface area (Å²) in [6.45, 7) is -0.321. The number of phenolic OH excluding ortho intramolecular Hbond substituents is 1. The summed E-state index contributed by atoms with van der Waals surface area (Å²) in [5.74, 6) is 1.38. The van der Waals surface area contributed by atoms with Gasteiger partial charge in [-0.05, 0) is 29.8 Å². The maximum atomic E-state index is 10.1. The van der Waals surface area contributed by atoms with E-state index in [0.29, 0.717) is 17.1 Å². The molecule has 0 saturated heterocycles. The molecule has 2 atom stereocenters. The molecule has 0 fully saturated rings. The van der Waals surface area contributed by atoms with Crippen LogP contribution in [0.25, 0.3) is 6.08 Å². The number of benzene rings is 2. The molecule has 3 rings (SSSR count). The van der Waals surface area contributed by atoms with E-state index in [2.05, 4.69) is 0 Å². The normalized spacial score (nSPS) is 18.5. The van der Waals surface area contributed by atoms with E-state index in [9.17, 15) is 10.2 Å². The highest BCUT2D eigenvalue weighted by Gasteiger charge is 2.34. The summed E-state index contributed by atoms with van der Waals surface area (Å²) in [5, 5.41) is 28.8. The minimum absolute atomic E-state index is 0.0588. The minimum atomic E-state index is -0.643. The summed E-state index contributed by atoms with van der Waals surface area (Å²) < 4.78 is 22.4. The maximum Gasteiger partial charge on any atom is 0.200 e. The second-order valence-corrected chi connectivity index (χ2v) is 5.94. The first-order valence-corrected chi connectivity index (χ1v) is 8.41. The number of methoxy groups -OCH3 is 2. The van der Waals surface area contributed by atoms with Crippen LogP contribution < -0.4 is 18.9 Å². The number of aliphatic hydroxyl groups excluding tert-OH is 2. The summed E-state index contributed by atoms with van der Waals surface area (Å²) in [5.41, 5.74) is 1.47. The largest absolute Gasteiger partial charge is 0.502 e. The number of hydrogen-bond donors (Lipinski definition) is 3. The van der Waals surface area contributed by atoms with Gasteiger partial charge in [-0.15, -0.1) is 0 Å². The molecule has 27 heavy (non-hydrogen) atoms. The lowest BCUT2D eigenvalue weighted by atomic mass is 10.0. The molecule has 0 aromatic heterocycles. The molecule has 7 nitrogen and oxygen atoms in total. The highest BCUT2D eigenvalue weighted by molar-refractivity contribution is 5.57. The molecule has 3 N–H and O–H groups in total. The van der Waals surface area contributed by atoms with Crippen LogP contribution in [0.5, 0.6) is 28.7 Å². The molecule has 1 aliphatic rings. The second-order valence-electron chi connectivity index (χ2n) is 5.94. The summed E-state index contributed by atoms with van der Waals surface area (Å²) in [4.78, 5) is 0. The molecule has 0 saturated carbocycles. The van der Waals surface area contributed by atoms with Crippen LogP contribution in [-0.2, 0) is 0 Å². The average Bonchev–Trinajstić information content (AvgIpc) is 2.71. The van der Waals surface area contributed by atoms with Crippen molar-refractivity contribution in [2.24, 2.45) is 0 Å². The van der Waals surface area contributed by atoms with Gasteiger partial charge in [0.2, 0.25) is 5.75 Å². The molecular formula is C20H22O7. The Labute approximate surface area is 157 Å². The Balaban J connectivity index is 2.00. The van der Waals surface area contributed by atoms with E-state index in [0.717, 1.165) is 5.56 Å². The van der Waals surface area contributed by atoms with Crippen LogP contribution in [0.15, 0.2) is 36.4 Å². The van der Waals surface area contributed by atoms with Crippen molar-refractivity contribution in [2.75, 3.05) is 27.4 Å². The molecule has 0 spiro atoms. The predicted octanol–water partition coefficient (Wildman–Crippen LogP) is 2.29. The highest BCUT2D eigenvalue weighted by Crippen LogP contribution is 2.44. The molecule has 0 radical (unpaired) electrons. The zero-order valence-electron chi connectivity index (χ0n) is 15.1. The SMILES string of the molecule is COc1cc(C2Oc3cc(/C=C/CO)ccc3OC2CO)cc(OC)c1O. The zero-order chi connectivity index (χ0) is 19.4. The standard InChI is InChI=1S/C20H22O7/c1-24-16-9-13(10-17(25-2)19(16)23)20-18(11-22)26-14-6-5-12(4-3-7-21)8-15(14)27-20/h3-6,8-10,18,20-23H,7,11H2,1-2H3/b4-3+. The molecule has 1 aliphatic heterocycles. The number of rotatable bonds is 6. The number of fused-ring (bicyclic) bond motifs is 1. The van der Waals surface area contributed by atoms with Gasteiger partial charge in [0.25, 0.3) is 0 Å². The summed E-state index contributed by atoms with van der Waals surface area (Å²) in [6.07, 6.45) is 2.11. The van der Waals surface area contributed by atoms with Gasteiger partial charge in [-0.3, -0.25) is 0 Å². The van der Waals surface area contributed by atoms with Crippen molar-refractivity contribution >= 4 is 6.08 Å². The first-order valence-electron chi connectivity index (χ1n) is 8.41. The van der Waals surface area contributed by atoms with Gasteiger partial charge < -0.3 is 34.3 Å². The molecular weight excluding hydrogens is 352 g/mol. The first kappa shape index (κ1) is 18.9. The summed E-state index contributed by atoms with van der Waals surface area (Å²) in [6, 6.07) is 8.61. The van der Waals surface area contributed by atoms with Gasteiger partial charge >= 0.3 is 0 Å². The third-order valence-electron chi connectivity index (χ3n) is 4.26. The number of ether oxygens (including phenoxy) is 4. The van der Waals surface area contributed by atoms with Crippen LogP contribution >= 0.6 is 0 Å². The Hall–Kier alpha value is -2.90. The number of hydrogen-bond acceptors (Lipinski definition) is 7. The van der Waals surface area contributed by atoms with Crippen molar-refractivity contribution in [3.8, 4) is 28.7 Å². The molecule has 0 amide bonds. The lowest BCUT2D eigenvalue weighted by Gasteiger charge is -2.33. The lowest BCUT2D eigenvalue weighted by molar-refractivity contribution is -0.0124. The van der Waals surface area contributed by atoms with E-state index in [1.54, 1.807) is 36.4 Å². The molecule has 0 bridgehead atoms. The maximum absolute atomic E-state index is 10.1. The van der Waals surface area contributed by atoms with Crippen LogP contribution in [0.3, 0.4) is 0 Å². The molecule has 2 unspecified atom stereocenters. The Bertz CT molecular complexity index is 806. The molecule has 7 heteroatoms. The Morgan fingerprint density at radius 3 is 2.30 bits per heavy atom. The van der Waals surface area contributed by atoms with Gasteiger partial charge in [0, 0.05) is 5.56 Å². The molecule has 144 valence electrons. The Morgan fingerprint density at radius 1 is 1.00 bits per heavy atom. The number of phenols is 1. The smallest absolute Gasteiger partial charge is 0.200 e. The van der Waals surface area contributed by atoms with Crippen molar-refractivity contribution < 1.29 is 34.3 Å². The average molecular weight is 374 g/mol. The van der Waals surface area contributed by atoms with Crippen LogP contribution in [0.2, 0.25) is 0 Å². The monoisotopic (exact) mass is 374 g/mol. The van der Waals surface area contributed by atoms with E-state index in [1.807, 2.05) is 6.07 Å². The third-order valence-corrected chi connectivity index (χ3v) is 4.26.